The van der Waals surface area contributed by atoms with Gasteiger partial charge < -0.3 is 9.47 Å². The van der Waals surface area contributed by atoms with Crippen LogP contribution in [0.5, 0.6) is 11.5 Å². The first-order chi connectivity index (χ1) is 13.9. The van der Waals surface area contributed by atoms with E-state index in [-0.39, 0.29) is 18.4 Å². The topological polar surface area (TPSA) is 51.7 Å². The summed E-state index contributed by atoms with van der Waals surface area (Å²) in [5.41, 5.74) is 2.46. The van der Waals surface area contributed by atoms with Gasteiger partial charge in [0, 0.05) is 6.20 Å². The third kappa shape index (κ3) is 4.31. The lowest BCUT2D eigenvalue weighted by molar-refractivity contribution is -0.274. The van der Waals surface area contributed by atoms with Gasteiger partial charge in [-0.2, -0.15) is 0 Å². The van der Waals surface area contributed by atoms with Crippen LogP contribution in [0.1, 0.15) is 16.1 Å². The Hall–Kier alpha value is -3.55. The second kappa shape index (κ2) is 7.46. The zero-order valence-corrected chi connectivity index (χ0v) is 15.0. The number of rotatable bonds is 4. The van der Waals surface area contributed by atoms with Crippen LogP contribution in [-0.4, -0.2) is 28.9 Å². The molecule has 0 fully saturated rings. The molecule has 1 aliphatic rings. The van der Waals surface area contributed by atoms with E-state index >= 15 is 0 Å². The lowest BCUT2D eigenvalue weighted by Gasteiger charge is -2.28. The minimum absolute atomic E-state index is 0.116. The summed E-state index contributed by atoms with van der Waals surface area (Å²) in [4.78, 5) is 18.6. The fourth-order valence-corrected chi connectivity index (χ4v) is 3.03. The Morgan fingerprint density at radius 1 is 1.03 bits per heavy atom. The molecule has 0 N–H and O–H groups in total. The van der Waals surface area contributed by atoms with E-state index in [1.165, 1.54) is 29.2 Å². The highest BCUT2D eigenvalue weighted by Crippen LogP contribution is 2.32. The summed E-state index contributed by atoms with van der Waals surface area (Å²) in [5, 5.41) is 0. The van der Waals surface area contributed by atoms with Crippen LogP contribution in [0.25, 0.3) is 11.1 Å². The van der Waals surface area contributed by atoms with Gasteiger partial charge in [0.15, 0.2) is 6.73 Å². The quantitative estimate of drug-likeness (QED) is 0.640. The highest BCUT2D eigenvalue weighted by molar-refractivity contribution is 5.99. The zero-order valence-electron chi connectivity index (χ0n) is 15.0. The van der Waals surface area contributed by atoms with Crippen LogP contribution in [0.2, 0.25) is 0 Å². The molecule has 1 aliphatic heterocycles. The van der Waals surface area contributed by atoms with Gasteiger partial charge >= 0.3 is 6.36 Å². The highest BCUT2D eigenvalue weighted by Gasteiger charge is 2.31. The first-order valence-corrected chi connectivity index (χ1v) is 8.71. The van der Waals surface area contributed by atoms with Crippen LogP contribution >= 0.6 is 0 Å². The molecule has 0 saturated carbocycles. The molecule has 0 unspecified atom stereocenters. The molecule has 0 atom stereocenters. The van der Waals surface area contributed by atoms with Gasteiger partial charge in [-0.3, -0.25) is 14.7 Å². The number of aromatic nitrogens is 1. The summed E-state index contributed by atoms with van der Waals surface area (Å²) < 4.78 is 46.5. The molecule has 0 saturated heterocycles. The second-order valence-electron chi connectivity index (χ2n) is 6.38. The van der Waals surface area contributed by atoms with Gasteiger partial charge in [-0.05, 0) is 47.5 Å². The molecule has 4 rings (SSSR count). The molecule has 3 aromatic rings. The molecule has 8 heteroatoms. The number of hydrogen-bond acceptors (Lipinski definition) is 4. The van der Waals surface area contributed by atoms with E-state index in [0.29, 0.717) is 29.0 Å². The van der Waals surface area contributed by atoms with Crippen LogP contribution in [0.15, 0.2) is 66.9 Å². The largest absolute Gasteiger partial charge is 0.573 e. The summed E-state index contributed by atoms with van der Waals surface area (Å²) in [5.74, 6) is -0.0380. The third-order valence-corrected chi connectivity index (χ3v) is 4.37. The molecule has 0 radical (unpaired) electrons. The summed E-state index contributed by atoms with van der Waals surface area (Å²) in [6.07, 6.45) is -3.09. The van der Waals surface area contributed by atoms with Crippen molar-refractivity contribution in [1.29, 1.82) is 0 Å². The first-order valence-electron chi connectivity index (χ1n) is 8.71. The molecule has 0 bridgehead atoms. The highest BCUT2D eigenvalue weighted by atomic mass is 19.4. The standard InChI is InChI=1S/C21H15F3N2O3/c22-21(23,24)29-17-7-4-14(5-8-17)15-6-9-19-18(11-15)20(27)26(13-28-19)12-16-3-1-2-10-25-16/h1-11H,12-13H2. The fraction of sp³-hybridized carbons (Fsp3) is 0.143. The molecule has 0 aliphatic carbocycles. The molecule has 2 heterocycles. The van der Waals surface area contributed by atoms with Gasteiger partial charge in [0.2, 0.25) is 0 Å². The van der Waals surface area contributed by atoms with Crippen LogP contribution in [0.4, 0.5) is 13.2 Å². The summed E-state index contributed by atoms with van der Waals surface area (Å²) >= 11 is 0. The predicted octanol–water partition coefficient (Wildman–Crippen LogP) is 4.64. The third-order valence-electron chi connectivity index (χ3n) is 4.37. The Morgan fingerprint density at radius 3 is 2.48 bits per heavy atom. The normalized spacial score (nSPS) is 13.6. The number of pyridine rings is 1. The fourth-order valence-electron chi connectivity index (χ4n) is 3.03. The molecule has 1 aromatic heterocycles. The minimum Gasteiger partial charge on any atom is -0.472 e. The van der Waals surface area contributed by atoms with Crippen molar-refractivity contribution in [3.63, 3.8) is 0 Å². The van der Waals surface area contributed by atoms with E-state index in [1.807, 2.05) is 12.1 Å². The lowest BCUT2D eigenvalue weighted by atomic mass is 10.0. The number of carbonyl (C=O) groups is 1. The van der Waals surface area contributed by atoms with Crippen LogP contribution in [0, 0.1) is 0 Å². The Morgan fingerprint density at radius 2 is 1.79 bits per heavy atom. The number of carbonyl (C=O) groups excluding carboxylic acids is 1. The number of ether oxygens (including phenoxy) is 2. The molecular formula is C21H15F3N2O3. The molecule has 148 valence electrons. The Balaban J connectivity index is 1.56. The van der Waals surface area contributed by atoms with Gasteiger partial charge in [-0.1, -0.05) is 24.3 Å². The van der Waals surface area contributed by atoms with E-state index in [4.69, 9.17) is 4.74 Å². The van der Waals surface area contributed by atoms with E-state index in [1.54, 1.807) is 30.5 Å². The van der Waals surface area contributed by atoms with Gasteiger partial charge in [-0.15, -0.1) is 13.2 Å². The van der Waals surface area contributed by atoms with Crippen molar-refractivity contribution in [1.82, 2.24) is 9.88 Å². The second-order valence-corrected chi connectivity index (χ2v) is 6.38. The Bertz CT molecular complexity index is 1020. The maximum Gasteiger partial charge on any atom is 0.573 e. The van der Waals surface area contributed by atoms with Crippen molar-refractivity contribution < 1.29 is 27.4 Å². The predicted molar refractivity (Wildman–Crippen MR) is 98.2 cm³/mol. The van der Waals surface area contributed by atoms with Gasteiger partial charge in [0.25, 0.3) is 5.91 Å². The maximum absolute atomic E-state index is 12.9. The number of alkyl halides is 3. The van der Waals surface area contributed by atoms with Crippen LogP contribution in [-0.2, 0) is 6.54 Å². The number of benzene rings is 2. The Kier molecular flexibility index (Phi) is 4.84. The maximum atomic E-state index is 12.9. The van der Waals surface area contributed by atoms with Gasteiger partial charge in [-0.25, -0.2) is 0 Å². The average molecular weight is 400 g/mol. The number of hydrogen-bond donors (Lipinski definition) is 0. The molecule has 1 amide bonds. The van der Waals surface area contributed by atoms with Crippen LogP contribution in [0.3, 0.4) is 0 Å². The van der Waals surface area contributed by atoms with E-state index < -0.39 is 6.36 Å². The van der Waals surface area contributed by atoms with E-state index in [0.717, 1.165) is 5.69 Å². The minimum atomic E-state index is -4.74. The van der Waals surface area contributed by atoms with Crippen molar-refractivity contribution in [2.75, 3.05) is 6.73 Å². The molecule has 0 spiro atoms. The molecule has 5 nitrogen and oxygen atoms in total. The van der Waals surface area contributed by atoms with Crippen molar-refractivity contribution in [3.8, 4) is 22.6 Å². The zero-order chi connectivity index (χ0) is 20.4. The summed E-state index contributed by atoms with van der Waals surface area (Å²) in [6.45, 7) is 0.429. The monoisotopic (exact) mass is 400 g/mol. The smallest absolute Gasteiger partial charge is 0.472 e. The average Bonchev–Trinajstić information content (AvgIpc) is 2.70. The molecular weight excluding hydrogens is 385 g/mol. The SMILES string of the molecule is O=C1c2cc(-c3ccc(OC(F)(F)F)cc3)ccc2OCN1Cc1ccccn1. The van der Waals surface area contributed by atoms with E-state index in [9.17, 15) is 18.0 Å². The first kappa shape index (κ1) is 18.8. The lowest BCUT2D eigenvalue weighted by Crippen LogP contribution is -2.38. The van der Waals surface area contributed by atoms with E-state index in [2.05, 4.69) is 9.72 Å². The van der Waals surface area contributed by atoms with Crippen molar-refractivity contribution in [2.24, 2.45) is 0 Å². The number of halogens is 3. The van der Waals surface area contributed by atoms with Crippen molar-refractivity contribution in [2.45, 2.75) is 12.9 Å². The summed E-state index contributed by atoms with van der Waals surface area (Å²) in [6, 6.07) is 16.0. The summed E-state index contributed by atoms with van der Waals surface area (Å²) in [7, 11) is 0. The molecule has 29 heavy (non-hydrogen) atoms. The van der Waals surface area contributed by atoms with Crippen LogP contribution < -0.4 is 9.47 Å². The number of nitrogens with zero attached hydrogens (tertiary/aromatic N) is 2. The van der Waals surface area contributed by atoms with Gasteiger partial charge in [0.1, 0.15) is 11.5 Å². The number of amides is 1. The van der Waals surface area contributed by atoms with Crippen molar-refractivity contribution >= 4 is 5.91 Å². The Labute approximate surface area is 164 Å². The van der Waals surface area contributed by atoms with Gasteiger partial charge in [0.05, 0.1) is 17.8 Å². The molecule has 2 aromatic carbocycles. The number of fused-ring (bicyclic) bond motifs is 1. The van der Waals surface area contributed by atoms with Crippen molar-refractivity contribution in [3.05, 3.63) is 78.1 Å².